The second-order valence-corrected chi connectivity index (χ2v) is 3.71. The number of carbonyl (C=O) groups excluding carboxylic acids is 1. The Morgan fingerprint density at radius 1 is 1.31 bits per heavy atom. The number of hydrogen-bond donors (Lipinski definition) is 0. The van der Waals surface area contributed by atoms with E-state index in [1.807, 2.05) is 0 Å². The van der Waals surface area contributed by atoms with E-state index in [0.717, 1.165) is 25.9 Å². The van der Waals surface area contributed by atoms with Crippen LogP contribution in [0.3, 0.4) is 0 Å². The van der Waals surface area contributed by atoms with Crippen molar-refractivity contribution in [2.24, 2.45) is 5.11 Å². The molecule has 0 bridgehead atoms. The highest BCUT2D eigenvalue weighted by molar-refractivity contribution is 5.99. The Bertz CT molecular complexity index is 445. The van der Waals surface area contributed by atoms with E-state index in [4.69, 9.17) is 5.53 Å². The molecular weight excluding hydrogens is 204 g/mol. The molecule has 2 rings (SSSR count). The lowest BCUT2D eigenvalue weighted by molar-refractivity contribution is 0.0793. The number of benzene rings is 1. The molecule has 1 fully saturated rings. The highest BCUT2D eigenvalue weighted by Crippen LogP contribution is 2.22. The Morgan fingerprint density at radius 3 is 2.69 bits per heavy atom. The van der Waals surface area contributed by atoms with Crippen LogP contribution in [0.2, 0.25) is 0 Å². The number of carbonyl (C=O) groups is 1. The first kappa shape index (κ1) is 10.5. The molecule has 0 spiro atoms. The van der Waals surface area contributed by atoms with E-state index in [9.17, 15) is 4.79 Å². The molecule has 1 aromatic carbocycles. The van der Waals surface area contributed by atoms with Crippen LogP contribution >= 0.6 is 0 Å². The number of nitrogens with zero attached hydrogens (tertiary/aromatic N) is 4. The summed E-state index contributed by atoms with van der Waals surface area (Å²) in [5, 5.41) is 3.53. The average Bonchev–Trinajstić information content (AvgIpc) is 2.83. The summed E-state index contributed by atoms with van der Waals surface area (Å²) in [6.07, 6.45) is 2.10. The van der Waals surface area contributed by atoms with Crippen molar-refractivity contribution in [3.8, 4) is 0 Å². The molecule has 1 aliphatic rings. The zero-order valence-corrected chi connectivity index (χ0v) is 8.83. The molecule has 1 saturated heterocycles. The van der Waals surface area contributed by atoms with Crippen molar-refractivity contribution >= 4 is 11.6 Å². The number of amides is 1. The van der Waals surface area contributed by atoms with Crippen LogP contribution < -0.4 is 0 Å². The maximum absolute atomic E-state index is 12.1. The van der Waals surface area contributed by atoms with Crippen molar-refractivity contribution in [3.05, 3.63) is 40.3 Å². The van der Waals surface area contributed by atoms with Gasteiger partial charge in [0.1, 0.15) is 0 Å². The number of likely N-dealkylation sites (tertiary alicyclic amines) is 1. The number of hydrogen-bond acceptors (Lipinski definition) is 2. The molecule has 0 unspecified atom stereocenters. The molecule has 0 aromatic heterocycles. The molecule has 0 radical (unpaired) electrons. The normalized spacial score (nSPS) is 14.6. The summed E-state index contributed by atoms with van der Waals surface area (Å²) in [6.45, 7) is 1.59. The first-order valence-corrected chi connectivity index (χ1v) is 5.26. The summed E-state index contributed by atoms with van der Waals surface area (Å²) in [7, 11) is 0. The molecule has 0 N–H and O–H groups in total. The smallest absolute Gasteiger partial charge is 0.254 e. The molecule has 1 heterocycles. The molecule has 0 aliphatic carbocycles. The van der Waals surface area contributed by atoms with Crippen molar-refractivity contribution in [1.29, 1.82) is 0 Å². The third-order valence-corrected chi connectivity index (χ3v) is 2.68. The average molecular weight is 216 g/mol. The topological polar surface area (TPSA) is 69.1 Å². The predicted octanol–water partition coefficient (Wildman–Crippen LogP) is 2.86. The zero-order valence-electron chi connectivity index (χ0n) is 8.83. The van der Waals surface area contributed by atoms with E-state index in [-0.39, 0.29) is 5.91 Å². The van der Waals surface area contributed by atoms with Crippen LogP contribution in [0.1, 0.15) is 23.2 Å². The summed E-state index contributed by atoms with van der Waals surface area (Å²) >= 11 is 0. The van der Waals surface area contributed by atoms with Gasteiger partial charge in [-0.25, -0.2) is 0 Å². The van der Waals surface area contributed by atoms with E-state index >= 15 is 0 Å². The van der Waals surface area contributed by atoms with Crippen LogP contribution in [-0.2, 0) is 0 Å². The van der Waals surface area contributed by atoms with E-state index in [2.05, 4.69) is 10.0 Å². The van der Waals surface area contributed by atoms with Crippen LogP contribution in [-0.4, -0.2) is 23.9 Å². The van der Waals surface area contributed by atoms with E-state index in [1.165, 1.54) is 0 Å². The van der Waals surface area contributed by atoms with Gasteiger partial charge in [0.2, 0.25) is 0 Å². The van der Waals surface area contributed by atoms with Crippen molar-refractivity contribution in [3.63, 3.8) is 0 Å². The van der Waals surface area contributed by atoms with Gasteiger partial charge in [-0.1, -0.05) is 23.3 Å². The van der Waals surface area contributed by atoms with Crippen molar-refractivity contribution < 1.29 is 4.79 Å². The summed E-state index contributed by atoms with van der Waals surface area (Å²) in [5.41, 5.74) is 9.32. The standard InChI is InChI=1S/C11H12N4O/c12-14-13-10-6-2-1-5-9(10)11(16)15-7-3-4-8-15/h1-2,5-6H,3-4,7-8H2. The molecule has 0 atom stereocenters. The van der Waals surface area contributed by atoms with Crippen LogP contribution in [0, 0.1) is 0 Å². The second kappa shape index (κ2) is 4.68. The molecular formula is C11H12N4O. The summed E-state index contributed by atoms with van der Waals surface area (Å²) in [5.74, 6) is -0.0412. The first-order chi connectivity index (χ1) is 7.83. The van der Waals surface area contributed by atoms with Gasteiger partial charge in [0.25, 0.3) is 5.91 Å². The van der Waals surface area contributed by atoms with Gasteiger partial charge in [-0.05, 0) is 24.4 Å². The molecule has 16 heavy (non-hydrogen) atoms. The fourth-order valence-electron chi connectivity index (χ4n) is 1.88. The third-order valence-electron chi connectivity index (χ3n) is 2.68. The summed E-state index contributed by atoms with van der Waals surface area (Å²) in [6, 6.07) is 6.89. The fraction of sp³-hybridized carbons (Fsp3) is 0.364. The fourth-order valence-corrected chi connectivity index (χ4v) is 1.88. The van der Waals surface area contributed by atoms with E-state index in [1.54, 1.807) is 29.2 Å². The molecule has 1 aliphatic heterocycles. The van der Waals surface area contributed by atoms with Crippen LogP contribution in [0.15, 0.2) is 29.4 Å². The Labute approximate surface area is 93.3 Å². The molecule has 5 nitrogen and oxygen atoms in total. The largest absolute Gasteiger partial charge is 0.339 e. The van der Waals surface area contributed by atoms with Crippen molar-refractivity contribution in [2.75, 3.05) is 13.1 Å². The van der Waals surface area contributed by atoms with Crippen LogP contribution in [0.4, 0.5) is 5.69 Å². The second-order valence-electron chi connectivity index (χ2n) is 3.71. The quantitative estimate of drug-likeness (QED) is 0.425. The van der Waals surface area contributed by atoms with Crippen LogP contribution in [0.25, 0.3) is 10.4 Å². The highest BCUT2D eigenvalue weighted by atomic mass is 16.2. The van der Waals surface area contributed by atoms with Gasteiger partial charge < -0.3 is 4.90 Å². The molecule has 5 heteroatoms. The molecule has 1 aromatic rings. The summed E-state index contributed by atoms with van der Waals surface area (Å²) < 4.78 is 0. The highest BCUT2D eigenvalue weighted by Gasteiger charge is 2.20. The number of rotatable bonds is 2. The lowest BCUT2D eigenvalue weighted by Gasteiger charge is -2.16. The van der Waals surface area contributed by atoms with Gasteiger partial charge >= 0.3 is 0 Å². The molecule has 1 amide bonds. The maximum atomic E-state index is 12.1. The minimum atomic E-state index is -0.0412. The van der Waals surface area contributed by atoms with Gasteiger partial charge in [0.05, 0.1) is 5.69 Å². The minimum absolute atomic E-state index is 0.0412. The SMILES string of the molecule is [N-]=[N+]=Nc1ccccc1C(=O)N1CCCC1. The number of azide groups is 1. The Balaban J connectivity index is 2.31. The van der Waals surface area contributed by atoms with Gasteiger partial charge in [-0.15, -0.1) is 0 Å². The Morgan fingerprint density at radius 2 is 2.00 bits per heavy atom. The Hall–Kier alpha value is -2.00. The maximum Gasteiger partial charge on any atom is 0.254 e. The lowest BCUT2D eigenvalue weighted by atomic mass is 10.1. The first-order valence-electron chi connectivity index (χ1n) is 5.26. The Kier molecular flexibility index (Phi) is 3.08. The van der Waals surface area contributed by atoms with Gasteiger partial charge in [0.15, 0.2) is 0 Å². The van der Waals surface area contributed by atoms with E-state index < -0.39 is 0 Å². The zero-order chi connectivity index (χ0) is 11.4. The predicted molar refractivity (Wildman–Crippen MR) is 60.4 cm³/mol. The van der Waals surface area contributed by atoms with Gasteiger partial charge in [0, 0.05) is 23.6 Å². The van der Waals surface area contributed by atoms with Gasteiger partial charge in [-0.2, -0.15) is 0 Å². The van der Waals surface area contributed by atoms with Crippen molar-refractivity contribution in [2.45, 2.75) is 12.8 Å². The minimum Gasteiger partial charge on any atom is -0.339 e. The lowest BCUT2D eigenvalue weighted by Crippen LogP contribution is -2.27. The molecule has 0 saturated carbocycles. The summed E-state index contributed by atoms with van der Waals surface area (Å²) in [4.78, 5) is 16.6. The van der Waals surface area contributed by atoms with E-state index in [0.29, 0.717) is 11.3 Å². The van der Waals surface area contributed by atoms with Crippen LogP contribution in [0.5, 0.6) is 0 Å². The molecule has 82 valence electrons. The van der Waals surface area contributed by atoms with Crippen molar-refractivity contribution in [1.82, 2.24) is 4.90 Å². The third kappa shape index (κ3) is 1.99. The van der Waals surface area contributed by atoms with Gasteiger partial charge in [-0.3, -0.25) is 4.79 Å². The monoisotopic (exact) mass is 216 g/mol.